The largest absolute Gasteiger partial charge is 0.393 e. The number of hydrogen-bond donors (Lipinski definition) is 0. The van der Waals surface area contributed by atoms with Gasteiger partial charge in [-0.25, -0.2) is 0 Å². The van der Waals surface area contributed by atoms with Gasteiger partial charge in [0.05, 0.1) is 0 Å². The zero-order valence-corrected chi connectivity index (χ0v) is 9.17. The van der Waals surface area contributed by atoms with Crippen molar-refractivity contribution >= 4 is 11.9 Å². The smallest absolute Gasteiger partial charge is 0.313 e. The lowest BCUT2D eigenvalue weighted by atomic mass is 10.1. The Balaban J connectivity index is 3.31. The van der Waals surface area contributed by atoms with Crippen molar-refractivity contribution in [1.29, 1.82) is 0 Å². The van der Waals surface area contributed by atoms with E-state index in [0.29, 0.717) is 6.42 Å². The predicted octanol–water partition coefficient (Wildman–Crippen LogP) is 2.83. The van der Waals surface area contributed by atoms with Crippen LogP contribution in [0.2, 0.25) is 0 Å². The van der Waals surface area contributed by atoms with E-state index in [4.69, 9.17) is 0 Å². The molecule has 0 fully saturated rings. The summed E-state index contributed by atoms with van der Waals surface area (Å²) in [5.74, 6) is -0.808. The second-order valence-corrected chi connectivity index (χ2v) is 3.36. The summed E-state index contributed by atoms with van der Waals surface area (Å²) in [4.78, 5) is 21.7. The summed E-state index contributed by atoms with van der Waals surface area (Å²) < 4.78 is 4.53. The molecule has 0 aromatic rings. The molecule has 0 aliphatic heterocycles. The van der Waals surface area contributed by atoms with E-state index in [1.165, 1.54) is 12.8 Å². The van der Waals surface area contributed by atoms with E-state index in [-0.39, 0.29) is 12.4 Å². The molecule has 3 heteroatoms. The highest BCUT2D eigenvalue weighted by Crippen LogP contribution is 2.05. The molecule has 0 N–H and O–H groups in total. The molecule has 0 bridgehead atoms. The van der Waals surface area contributed by atoms with Gasteiger partial charge in [0.2, 0.25) is 0 Å². The summed E-state index contributed by atoms with van der Waals surface area (Å²) in [5, 5.41) is 0. The van der Waals surface area contributed by atoms with E-state index in [1.807, 2.05) is 0 Å². The highest BCUT2D eigenvalue weighted by molar-refractivity contribution is 5.85. The number of esters is 2. The minimum Gasteiger partial charge on any atom is -0.393 e. The highest BCUT2D eigenvalue weighted by atomic mass is 16.6. The maximum Gasteiger partial charge on any atom is 0.313 e. The van der Waals surface area contributed by atoms with Crippen molar-refractivity contribution in [2.45, 2.75) is 58.8 Å². The fourth-order valence-corrected chi connectivity index (χ4v) is 1.12. The molecule has 0 atom stereocenters. The fourth-order valence-electron chi connectivity index (χ4n) is 1.12. The number of carbonyl (C=O) groups excluding carboxylic acids is 2. The van der Waals surface area contributed by atoms with Crippen LogP contribution in [0.15, 0.2) is 0 Å². The number of carbonyl (C=O) groups is 2. The summed E-state index contributed by atoms with van der Waals surface area (Å²) in [6, 6.07) is 0. The first-order valence-corrected chi connectivity index (χ1v) is 5.44. The van der Waals surface area contributed by atoms with Crippen LogP contribution < -0.4 is 0 Å². The molecule has 0 aliphatic carbocycles. The molecule has 0 amide bonds. The molecule has 82 valence electrons. The number of unbranched alkanes of at least 4 members (excludes halogenated alkanes) is 4. The van der Waals surface area contributed by atoms with Gasteiger partial charge >= 0.3 is 11.9 Å². The van der Waals surface area contributed by atoms with E-state index in [2.05, 4.69) is 11.7 Å². The Morgan fingerprint density at radius 2 is 1.57 bits per heavy atom. The van der Waals surface area contributed by atoms with Gasteiger partial charge in [-0.15, -0.1) is 0 Å². The molecule has 0 heterocycles. The predicted molar refractivity (Wildman–Crippen MR) is 54.8 cm³/mol. The van der Waals surface area contributed by atoms with Crippen LogP contribution in [0.1, 0.15) is 58.8 Å². The lowest BCUT2D eigenvalue weighted by Gasteiger charge is -2.01. The summed E-state index contributed by atoms with van der Waals surface area (Å²) >= 11 is 0. The van der Waals surface area contributed by atoms with Crippen molar-refractivity contribution in [1.82, 2.24) is 0 Å². The number of ether oxygens (including phenoxy) is 1. The van der Waals surface area contributed by atoms with Crippen molar-refractivity contribution in [2.75, 3.05) is 0 Å². The van der Waals surface area contributed by atoms with E-state index in [0.717, 1.165) is 19.3 Å². The Morgan fingerprint density at radius 1 is 0.929 bits per heavy atom. The molecule has 0 unspecified atom stereocenters. The third-order valence-corrected chi connectivity index (χ3v) is 2.00. The first-order valence-electron chi connectivity index (χ1n) is 5.44. The van der Waals surface area contributed by atoms with E-state index in [1.54, 1.807) is 6.92 Å². The third-order valence-electron chi connectivity index (χ3n) is 2.00. The van der Waals surface area contributed by atoms with Gasteiger partial charge < -0.3 is 4.74 Å². The van der Waals surface area contributed by atoms with Crippen molar-refractivity contribution in [3.63, 3.8) is 0 Å². The second-order valence-electron chi connectivity index (χ2n) is 3.36. The van der Waals surface area contributed by atoms with Gasteiger partial charge in [0, 0.05) is 12.8 Å². The quantitative estimate of drug-likeness (QED) is 0.360. The lowest BCUT2D eigenvalue weighted by Crippen LogP contribution is -2.10. The molecular formula is C11H20O3. The van der Waals surface area contributed by atoms with Gasteiger partial charge in [0.25, 0.3) is 0 Å². The maximum atomic E-state index is 11.0. The lowest BCUT2D eigenvalue weighted by molar-refractivity contribution is -0.159. The molecule has 14 heavy (non-hydrogen) atoms. The topological polar surface area (TPSA) is 43.4 Å². The molecule has 0 spiro atoms. The van der Waals surface area contributed by atoms with Crippen LogP contribution >= 0.6 is 0 Å². The fraction of sp³-hybridized carbons (Fsp3) is 0.818. The van der Waals surface area contributed by atoms with Gasteiger partial charge in [-0.3, -0.25) is 9.59 Å². The molecule has 0 saturated carbocycles. The molecule has 0 aliphatic rings. The minimum absolute atomic E-state index is 0.265. The average molecular weight is 200 g/mol. The Morgan fingerprint density at radius 3 is 2.14 bits per heavy atom. The van der Waals surface area contributed by atoms with Crippen molar-refractivity contribution in [3.05, 3.63) is 0 Å². The first-order chi connectivity index (χ1) is 6.70. The van der Waals surface area contributed by atoms with E-state index < -0.39 is 5.97 Å². The molecule has 3 nitrogen and oxygen atoms in total. The van der Waals surface area contributed by atoms with Crippen LogP contribution in [0.5, 0.6) is 0 Å². The molecule has 0 saturated heterocycles. The zero-order valence-electron chi connectivity index (χ0n) is 9.17. The summed E-state index contributed by atoms with van der Waals surface area (Å²) in [6.45, 7) is 3.82. The number of rotatable bonds is 7. The SMILES string of the molecule is CCCCCCCC(=O)OC(=O)CC. The van der Waals surface area contributed by atoms with Gasteiger partial charge in [-0.05, 0) is 6.42 Å². The minimum atomic E-state index is -0.427. The van der Waals surface area contributed by atoms with E-state index in [9.17, 15) is 9.59 Å². The van der Waals surface area contributed by atoms with Gasteiger partial charge in [-0.1, -0.05) is 39.5 Å². The average Bonchev–Trinajstić information content (AvgIpc) is 2.17. The van der Waals surface area contributed by atoms with Crippen LogP contribution in [0.25, 0.3) is 0 Å². The van der Waals surface area contributed by atoms with Gasteiger partial charge in [0.1, 0.15) is 0 Å². The highest BCUT2D eigenvalue weighted by Gasteiger charge is 2.07. The van der Waals surface area contributed by atoms with Gasteiger partial charge in [-0.2, -0.15) is 0 Å². The molecule has 0 aromatic heterocycles. The molecule has 0 radical (unpaired) electrons. The van der Waals surface area contributed by atoms with Crippen LogP contribution in [0, 0.1) is 0 Å². The van der Waals surface area contributed by atoms with Crippen molar-refractivity contribution < 1.29 is 14.3 Å². The monoisotopic (exact) mass is 200 g/mol. The van der Waals surface area contributed by atoms with Crippen molar-refractivity contribution in [3.8, 4) is 0 Å². The normalized spacial score (nSPS) is 9.86. The standard InChI is InChI=1S/C11H20O3/c1-3-5-6-7-8-9-11(13)14-10(12)4-2/h3-9H2,1-2H3. The van der Waals surface area contributed by atoms with E-state index >= 15 is 0 Å². The van der Waals surface area contributed by atoms with Crippen LogP contribution in [-0.4, -0.2) is 11.9 Å². The molecular weight excluding hydrogens is 180 g/mol. The maximum absolute atomic E-state index is 11.0. The second kappa shape index (κ2) is 8.73. The van der Waals surface area contributed by atoms with Crippen molar-refractivity contribution in [2.24, 2.45) is 0 Å². The Kier molecular flexibility index (Phi) is 8.19. The summed E-state index contributed by atoms with van der Waals surface area (Å²) in [6.07, 6.45) is 6.07. The summed E-state index contributed by atoms with van der Waals surface area (Å²) in [7, 11) is 0. The zero-order chi connectivity index (χ0) is 10.8. The Bertz CT molecular complexity index is 175. The molecule has 0 aromatic carbocycles. The van der Waals surface area contributed by atoms with Crippen LogP contribution in [-0.2, 0) is 14.3 Å². The van der Waals surface area contributed by atoms with Crippen LogP contribution in [0.3, 0.4) is 0 Å². The first kappa shape index (κ1) is 13.1. The third kappa shape index (κ3) is 7.77. The van der Waals surface area contributed by atoms with Crippen LogP contribution in [0.4, 0.5) is 0 Å². The number of hydrogen-bond acceptors (Lipinski definition) is 3. The molecule has 0 rings (SSSR count). The Hall–Kier alpha value is -0.860. The Labute approximate surface area is 85.8 Å². The summed E-state index contributed by atoms with van der Waals surface area (Å²) in [5.41, 5.74) is 0. The van der Waals surface area contributed by atoms with Gasteiger partial charge in [0.15, 0.2) is 0 Å².